The average Bonchev–Trinajstić information content (AvgIpc) is 2.41. The number of piperidine rings is 2. The lowest BCUT2D eigenvalue weighted by Crippen LogP contribution is -2.45. The Bertz CT molecular complexity index is 333. The van der Waals surface area contributed by atoms with Crippen molar-refractivity contribution in [2.75, 3.05) is 26.2 Å². The maximum atomic E-state index is 11.9. The average molecular weight is 266 g/mol. The van der Waals surface area contributed by atoms with Gasteiger partial charge in [-0.25, -0.2) is 0 Å². The SMILES string of the molecule is CC(C)C(=O)N1CCC(CN2CCCCC2=O)CC1. The standard InChI is InChI=1S/C15H26N2O2/c1-12(2)15(19)16-9-6-13(7-10-16)11-17-8-4-3-5-14(17)18/h12-13H,3-11H2,1-2H3. The molecule has 0 radical (unpaired) electrons. The number of rotatable bonds is 3. The summed E-state index contributed by atoms with van der Waals surface area (Å²) in [6.07, 6.45) is 5.02. The quantitative estimate of drug-likeness (QED) is 0.782. The van der Waals surface area contributed by atoms with Gasteiger partial charge in [-0.1, -0.05) is 13.8 Å². The second-order valence-electron chi connectivity index (χ2n) is 6.22. The molecule has 2 rings (SSSR count). The minimum Gasteiger partial charge on any atom is -0.342 e. The molecular formula is C15H26N2O2. The van der Waals surface area contributed by atoms with Crippen LogP contribution >= 0.6 is 0 Å². The molecule has 4 nitrogen and oxygen atoms in total. The normalized spacial score (nSPS) is 22.2. The Balaban J connectivity index is 1.77. The third-order valence-corrected chi connectivity index (χ3v) is 4.32. The topological polar surface area (TPSA) is 40.6 Å². The van der Waals surface area contributed by atoms with Gasteiger partial charge in [-0.05, 0) is 31.6 Å². The van der Waals surface area contributed by atoms with E-state index in [2.05, 4.69) is 0 Å². The summed E-state index contributed by atoms with van der Waals surface area (Å²) in [6, 6.07) is 0. The highest BCUT2D eigenvalue weighted by Gasteiger charge is 2.27. The first-order valence-electron chi connectivity index (χ1n) is 7.64. The summed E-state index contributed by atoms with van der Waals surface area (Å²) in [5, 5.41) is 0. The Kier molecular flexibility index (Phi) is 4.83. The highest BCUT2D eigenvalue weighted by molar-refractivity contribution is 5.78. The van der Waals surface area contributed by atoms with Crippen LogP contribution in [-0.4, -0.2) is 47.8 Å². The van der Waals surface area contributed by atoms with Crippen LogP contribution in [0.2, 0.25) is 0 Å². The zero-order valence-corrected chi connectivity index (χ0v) is 12.2. The van der Waals surface area contributed by atoms with Gasteiger partial charge in [-0.15, -0.1) is 0 Å². The predicted molar refractivity (Wildman–Crippen MR) is 74.6 cm³/mol. The van der Waals surface area contributed by atoms with Crippen molar-refractivity contribution in [3.8, 4) is 0 Å². The Morgan fingerprint density at radius 1 is 1.21 bits per heavy atom. The third-order valence-electron chi connectivity index (χ3n) is 4.32. The fourth-order valence-corrected chi connectivity index (χ4v) is 3.07. The molecule has 2 aliphatic heterocycles. The van der Waals surface area contributed by atoms with Crippen molar-refractivity contribution in [3.63, 3.8) is 0 Å². The van der Waals surface area contributed by atoms with Crippen LogP contribution in [-0.2, 0) is 9.59 Å². The van der Waals surface area contributed by atoms with Crippen molar-refractivity contribution < 1.29 is 9.59 Å². The first kappa shape index (κ1) is 14.4. The van der Waals surface area contributed by atoms with Gasteiger partial charge < -0.3 is 9.80 Å². The highest BCUT2D eigenvalue weighted by atomic mass is 16.2. The predicted octanol–water partition coefficient (Wildman–Crippen LogP) is 1.89. The Morgan fingerprint density at radius 2 is 1.89 bits per heavy atom. The van der Waals surface area contributed by atoms with Crippen molar-refractivity contribution in [2.24, 2.45) is 11.8 Å². The molecular weight excluding hydrogens is 240 g/mol. The van der Waals surface area contributed by atoms with Gasteiger partial charge in [0.2, 0.25) is 11.8 Å². The summed E-state index contributed by atoms with van der Waals surface area (Å²) in [7, 11) is 0. The molecule has 108 valence electrons. The molecule has 0 saturated carbocycles. The molecule has 2 fully saturated rings. The Hall–Kier alpha value is -1.06. The van der Waals surface area contributed by atoms with Crippen LogP contribution in [0.15, 0.2) is 0 Å². The lowest BCUT2D eigenvalue weighted by atomic mass is 9.94. The van der Waals surface area contributed by atoms with E-state index in [-0.39, 0.29) is 11.8 Å². The zero-order valence-electron chi connectivity index (χ0n) is 12.2. The van der Waals surface area contributed by atoms with E-state index in [1.807, 2.05) is 23.6 Å². The second kappa shape index (κ2) is 6.40. The summed E-state index contributed by atoms with van der Waals surface area (Å²) in [6.45, 7) is 7.49. The van der Waals surface area contributed by atoms with Gasteiger partial charge in [0.15, 0.2) is 0 Å². The van der Waals surface area contributed by atoms with E-state index in [1.54, 1.807) is 0 Å². The molecule has 4 heteroatoms. The summed E-state index contributed by atoms with van der Waals surface area (Å²) >= 11 is 0. The van der Waals surface area contributed by atoms with Gasteiger partial charge >= 0.3 is 0 Å². The van der Waals surface area contributed by atoms with Crippen LogP contribution in [0.3, 0.4) is 0 Å². The number of carbonyl (C=O) groups is 2. The van der Waals surface area contributed by atoms with Crippen LogP contribution in [0.25, 0.3) is 0 Å². The zero-order chi connectivity index (χ0) is 13.8. The van der Waals surface area contributed by atoms with Crippen molar-refractivity contribution >= 4 is 11.8 Å². The van der Waals surface area contributed by atoms with Crippen LogP contribution in [0.5, 0.6) is 0 Å². The summed E-state index contributed by atoms with van der Waals surface area (Å²) in [4.78, 5) is 27.7. The molecule has 2 aliphatic rings. The summed E-state index contributed by atoms with van der Waals surface area (Å²) < 4.78 is 0. The second-order valence-corrected chi connectivity index (χ2v) is 6.22. The summed E-state index contributed by atoms with van der Waals surface area (Å²) in [5.74, 6) is 1.28. The number of amides is 2. The molecule has 0 spiro atoms. The highest BCUT2D eigenvalue weighted by Crippen LogP contribution is 2.22. The molecule has 2 saturated heterocycles. The van der Waals surface area contributed by atoms with Crippen molar-refractivity contribution in [1.29, 1.82) is 0 Å². The molecule has 2 heterocycles. The molecule has 2 amide bonds. The smallest absolute Gasteiger partial charge is 0.225 e. The van der Waals surface area contributed by atoms with E-state index < -0.39 is 0 Å². The van der Waals surface area contributed by atoms with Gasteiger partial charge in [-0.3, -0.25) is 9.59 Å². The van der Waals surface area contributed by atoms with E-state index in [9.17, 15) is 9.59 Å². The number of hydrogen-bond acceptors (Lipinski definition) is 2. The van der Waals surface area contributed by atoms with Crippen molar-refractivity contribution in [2.45, 2.75) is 46.0 Å². The number of nitrogens with zero attached hydrogens (tertiary/aromatic N) is 2. The largest absolute Gasteiger partial charge is 0.342 e. The fourth-order valence-electron chi connectivity index (χ4n) is 3.07. The van der Waals surface area contributed by atoms with Crippen LogP contribution in [0.1, 0.15) is 46.0 Å². The lowest BCUT2D eigenvalue weighted by molar-refractivity contribution is -0.138. The third kappa shape index (κ3) is 3.71. The number of hydrogen-bond donors (Lipinski definition) is 0. The van der Waals surface area contributed by atoms with E-state index in [1.165, 1.54) is 0 Å². The van der Waals surface area contributed by atoms with E-state index in [4.69, 9.17) is 0 Å². The van der Waals surface area contributed by atoms with Crippen LogP contribution < -0.4 is 0 Å². The first-order chi connectivity index (χ1) is 9.08. The molecule has 0 aliphatic carbocycles. The van der Waals surface area contributed by atoms with E-state index in [0.717, 1.165) is 58.3 Å². The molecule has 0 bridgehead atoms. The van der Waals surface area contributed by atoms with Crippen molar-refractivity contribution in [3.05, 3.63) is 0 Å². The molecule has 0 unspecified atom stereocenters. The van der Waals surface area contributed by atoms with Crippen LogP contribution in [0.4, 0.5) is 0 Å². The van der Waals surface area contributed by atoms with Gasteiger partial charge in [-0.2, -0.15) is 0 Å². The van der Waals surface area contributed by atoms with Gasteiger partial charge in [0.25, 0.3) is 0 Å². The molecule has 0 N–H and O–H groups in total. The van der Waals surface area contributed by atoms with Crippen LogP contribution in [0, 0.1) is 11.8 Å². The number of carbonyl (C=O) groups excluding carboxylic acids is 2. The lowest BCUT2D eigenvalue weighted by Gasteiger charge is -2.36. The first-order valence-corrected chi connectivity index (χ1v) is 7.64. The monoisotopic (exact) mass is 266 g/mol. The van der Waals surface area contributed by atoms with E-state index >= 15 is 0 Å². The minimum atomic E-state index is 0.0974. The van der Waals surface area contributed by atoms with Gasteiger partial charge in [0, 0.05) is 38.5 Å². The molecule has 0 aromatic carbocycles. The number of likely N-dealkylation sites (tertiary alicyclic amines) is 2. The Labute approximate surface area is 116 Å². The molecule has 19 heavy (non-hydrogen) atoms. The van der Waals surface area contributed by atoms with Gasteiger partial charge in [0.05, 0.1) is 0 Å². The minimum absolute atomic E-state index is 0.0974. The summed E-state index contributed by atoms with van der Waals surface area (Å²) in [5.41, 5.74) is 0. The molecule has 0 atom stereocenters. The van der Waals surface area contributed by atoms with E-state index in [0.29, 0.717) is 11.8 Å². The fraction of sp³-hybridized carbons (Fsp3) is 0.867. The van der Waals surface area contributed by atoms with Gasteiger partial charge in [0.1, 0.15) is 0 Å². The maximum Gasteiger partial charge on any atom is 0.225 e. The maximum absolute atomic E-state index is 11.9. The Morgan fingerprint density at radius 3 is 2.47 bits per heavy atom. The van der Waals surface area contributed by atoms with Crippen molar-refractivity contribution in [1.82, 2.24) is 9.80 Å². The molecule has 0 aromatic rings. The molecule has 0 aromatic heterocycles.